The van der Waals surface area contributed by atoms with E-state index >= 15 is 0 Å². The largest absolute Gasteiger partial charge is 0.323 e. The van der Waals surface area contributed by atoms with E-state index in [1.54, 1.807) is 0 Å². The Labute approximate surface area is 83.6 Å². The first kappa shape index (κ1) is 9.00. The molecule has 2 heteroatoms. The van der Waals surface area contributed by atoms with Crippen molar-refractivity contribution < 1.29 is 4.79 Å². The summed E-state index contributed by atoms with van der Waals surface area (Å²) in [5.74, 6) is -0.150. The van der Waals surface area contributed by atoms with E-state index in [9.17, 15) is 4.79 Å². The van der Waals surface area contributed by atoms with Crippen molar-refractivity contribution >= 4 is 11.6 Å². The number of carbonyl (C=O) groups excluding carboxylic acids is 1. The van der Waals surface area contributed by atoms with Crippen molar-refractivity contribution in [3.8, 4) is 0 Å². The zero-order valence-electron chi connectivity index (χ0n) is 8.05. The van der Waals surface area contributed by atoms with Crippen molar-refractivity contribution in [2.45, 2.75) is 19.3 Å². The molecule has 2 nitrogen and oxygen atoms in total. The maximum absolute atomic E-state index is 11.1. The van der Waals surface area contributed by atoms with Gasteiger partial charge in [0.2, 0.25) is 5.91 Å². The van der Waals surface area contributed by atoms with Crippen molar-refractivity contribution in [3.63, 3.8) is 0 Å². The predicted octanol–water partition coefficient (Wildman–Crippen LogP) is 2.30. The second-order valence-corrected chi connectivity index (χ2v) is 3.53. The Morgan fingerprint density at radius 2 is 2.14 bits per heavy atom. The zero-order valence-corrected chi connectivity index (χ0v) is 8.05. The molecule has 0 saturated carbocycles. The van der Waals surface area contributed by atoms with Crippen LogP contribution in [0.15, 0.2) is 30.9 Å². The molecule has 14 heavy (non-hydrogen) atoms. The average molecular weight is 187 g/mol. The highest BCUT2D eigenvalue weighted by Gasteiger charge is 2.10. The number of fused-ring (bicyclic) bond motifs is 1. The van der Waals surface area contributed by atoms with Crippen LogP contribution in [0.25, 0.3) is 0 Å². The Hall–Kier alpha value is -1.57. The molecule has 0 bridgehead atoms. The highest BCUT2D eigenvalue weighted by atomic mass is 16.1. The van der Waals surface area contributed by atoms with Crippen LogP contribution < -0.4 is 5.32 Å². The van der Waals surface area contributed by atoms with Crippen molar-refractivity contribution in [1.29, 1.82) is 0 Å². The second kappa shape index (κ2) is 3.66. The monoisotopic (exact) mass is 187 g/mol. The number of carbonyl (C=O) groups is 1. The third-order valence-electron chi connectivity index (χ3n) is 2.55. The lowest BCUT2D eigenvalue weighted by atomic mass is 10.1. The molecule has 1 aromatic rings. The summed E-state index contributed by atoms with van der Waals surface area (Å²) in [4.78, 5) is 11.1. The first-order valence-corrected chi connectivity index (χ1v) is 4.85. The number of hydrogen-bond donors (Lipinski definition) is 1. The van der Waals surface area contributed by atoms with E-state index in [2.05, 4.69) is 24.0 Å². The molecule has 0 unspecified atom stereocenters. The lowest BCUT2D eigenvalue weighted by Gasteiger charge is -2.04. The number of aryl methyl sites for hydroxylation is 2. The molecule has 0 fully saturated rings. The summed E-state index contributed by atoms with van der Waals surface area (Å²) in [5, 5.41) is 2.76. The summed E-state index contributed by atoms with van der Waals surface area (Å²) in [7, 11) is 0. The first-order valence-electron chi connectivity index (χ1n) is 4.85. The molecule has 0 spiro atoms. The van der Waals surface area contributed by atoms with E-state index < -0.39 is 0 Å². The van der Waals surface area contributed by atoms with E-state index in [1.807, 2.05) is 6.07 Å². The molecule has 0 aliphatic heterocycles. The third kappa shape index (κ3) is 1.69. The number of anilines is 1. The molecular formula is C12H13NO. The highest BCUT2D eigenvalue weighted by Crippen LogP contribution is 2.24. The number of amides is 1. The van der Waals surface area contributed by atoms with Crippen LogP contribution in [-0.2, 0) is 17.6 Å². The molecule has 1 aliphatic carbocycles. The number of nitrogens with one attached hydrogen (secondary N) is 1. The van der Waals surface area contributed by atoms with Gasteiger partial charge in [0.1, 0.15) is 0 Å². The molecule has 1 aromatic carbocycles. The summed E-state index contributed by atoms with van der Waals surface area (Å²) in [5.41, 5.74) is 3.66. The van der Waals surface area contributed by atoms with Crippen LogP contribution in [0, 0.1) is 0 Å². The highest BCUT2D eigenvalue weighted by molar-refractivity contribution is 5.98. The minimum absolute atomic E-state index is 0.150. The topological polar surface area (TPSA) is 29.1 Å². The second-order valence-electron chi connectivity index (χ2n) is 3.53. The molecule has 72 valence electrons. The maximum atomic E-state index is 11.1. The van der Waals surface area contributed by atoms with Crippen LogP contribution in [-0.4, -0.2) is 5.91 Å². The fraction of sp³-hybridized carbons (Fsp3) is 0.250. The van der Waals surface area contributed by atoms with E-state index in [0.29, 0.717) is 0 Å². The van der Waals surface area contributed by atoms with Gasteiger partial charge in [-0.2, -0.15) is 0 Å². The van der Waals surface area contributed by atoms with Gasteiger partial charge in [0.15, 0.2) is 0 Å². The minimum Gasteiger partial charge on any atom is -0.323 e. The quantitative estimate of drug-likeness (QED) is 0.707. The van der Waals surface area contributed by atoms with Gasteiger partial charge in [-0.3, -0.25) is 4.79 Å². The van der Waals surface area contributed by atoms with E-state index in [0.717, 1.165) is 12.1 Å². The van der Waals surface area contributed by atoms with Gasteiger partial charge >= 0.3 is 0 Å². The van der Waals surface area contributed by atoms with Crippen LogP contribution in [0.1, 0.15) is 17.5 Å². The lowest BCUT2D eigenvalue weighted by molar-refractivity contribution is -0.111. The average Bonchev–Trinajstić information content (AvgIpc) is 2.64. The van der Waals surface area contributed by atoms with Crippen molar-refractivity contribution in [2.75, 3.05) is 5.32 Å². The smallest absolute Gasteiger partial charge is 0.247 e. The third-order valence-corrected chi connectivity index (χ3v) is 2.55. The predicted molar refractivity (Wildman–Crippen MR) is 57.3 cm³/mol. The molecular weight excluding hydrogens is 174 g/mol. The van der Waals surface area contributed by atoms with Crippen molar-refractivity contribution in [1.82, 2.24) is 0 Å². The molecule has 1 N–H and O–H groups in total. The van der Waals surface area contributed by atoms with Crippen LogP contribution in [0.2, 0.25) is 0 Å². The van der Waals surface area contributed by atoms with Crippen molar-refractivity contribution in [2.24, 2.45) is 0 Å². The number of benzene rings is 1. The van der Waals surface area contributed by atoms with Gasteiger partial charge in [0.25, 0.3) is 0 Å². The van der Waals surface area contributed by atoms with Crippen LogP contribution in [0.5, 0.6) is 0 Å². The summed E-state index contributed by atoms with van der Waals surface area (Å²) in [6.07, 6.45) is 4.82. The van der Waals surface area contributed by atoms with E-state index in [-0.39, 0.29) is 5.91 Å². The standard InChI is InChI=1S/C12H13NO/c1-2-12(14)13-11-7-6-9-4-3-5-10(9)8-11/h2,6-8H,1,3-5H2,(H,13,14). The molecule has 0 saturated heterocycles. The molecule has 1 aliphatic rings. The molecule has 0 radical (unpaired) electrons. The van der Waals surface area contributed by atoms with Crippen LogP contribution in [0.4, 0.5) is 5.69 Å². The van der Waals surface area contributed by atoms with Gasteiger partial charge in [-0.1, -0.05) is 12.6 Å². The Morgan fingerprint density at radius 3 is 2.93 bits per heavy atom. The Kier molecular flexibility index (Phi) is 2.35. The fourth-order valence-electron chi connectivity index (χ4n) is 1.84. The lowest BCUT2D eigenvalue weighted by Crippen LogP contribution is -2.07. The normalized spacial score (nSPS) is 13.4. The summed E-state index contributed by atoms with van der Waals surface area (Å²) >= 11 is 0. The SMILES string of the molecule is C=CC(=O)Nc1ccc2c(c1)CCC2. The molecule has 0 aromatic heterocycles. The Bertz CT molecular complexity index is 382. The summed E-state index contributed by atoms with van der Waals surface area (Å²) < 4.78 is 0. The van der Waals surface area contributed by atoms with Gasteiger partial charge in [0, 0.05) is 5.69 Å². The number of hydrogen-bond acceptors (Lipinski definition) is 1. The first-order chi connectivity index (χ1) is 6.79. The van der Waals surface area contributed by atoms with Crippen molar-refractivity contribution in [3.05, 3.63) is 42.0 Å². The van der Waals surface area contributed by atoms with Crippen LogP contribution >= 0.6 is 0 Å². The molecule has 0 heterocycles. The van der Waals surface area contributed by atoms with E-state index in [1.165, 1.54) is 30.0 Å². The van der Waals surface area contributed by atoms with Gasteiger partial charge < -0.3 is 5.32 Å². The van der Waals surface area contributed by atoms with Gasteiger partial charge in [-0.05, 0) is 48.6 Å². The molecule has 1 amide bonds. The van der Waals surface area contributed by atoms with E-state index in [4.69, 9.17) is 0 Å². The molecule has 0 atom stereocenters. The zero-order chi connectivity index (χ0) is 9.97. The summed E-state index contributed by atoms with van der Waals surface area (Å²) in [6.45, 7) is 3.42. The van der Waals surface area contributed by atoms with Crippen LogP contribution in [0.3, 0.4) is 0 Å². The van der Waals surface area contributed by atoms with Gasteiger partial charge in [0.05, 0.1) is 0 Å². The van der Waals surface area contributed by atoms with Gasteiger partial charge in [-0.15, -0.1) is 0 Å². The summed E-state index contributed by atoms with van der Waals surface area (Å²) in [6, 6.07) is 6.11. The Morgan fingerprint density at radius 1 is 1.36 bits per heavy atom. The maximum Gasteiger partial charge on any atom is 0.247 e. The minimum atomic E-state index is -0.150. The molecule has 2 rings (SSSR count). The fourth-order valence-corrected chi connectivity index (χ4v) is 1.84. The van der Waals surface area contributed by atoms with Gasteiger partial charge in [-0.25, -0.2) is 0 Å². The Balaban J connectivity index is 2.20. The number of rotatable bonds is 2.